The number of carbonyl (C=O) groups is 2. The highest BCUT2D eigenvalue weighted by atomic mass is 32.2. The highest BCUT2D eigenvalue weighted by molar-refractivity contribution is 7.95. The van der Waals surface area contributed by atoms with Crippen LogP contribution in [0.15, 0.2) is 107 Å². The first kappa shape index (κ1) is 29.0. The second-order valence-electron chi connectivity index (χ2n) is 9.38. The molecule has 210 valence electrons. The highest BCUT2D eigenvalue weighted by Crippen LogP contribution is 2.21. The minimum Gasteiger partial charge on any atom is -0.378 e. The van der Waals surface area contributed by atoms with E-state index < -0.39 is 39.0 Å². The lowest BCUT2D eigenvalue weighted by Crippen LogP contribution is -2.55. The molecule has 0 aromatic heterocycles. The number of halogens is 1. The summed E-state index contributed by atoms with van der Waals surface area (Å²) in [6.45, 7) is 1.60. The number of amides is 3. The number of urea groups is 1. The minimum atomic E-state index is -4.41. The number of benzene rings is 3. The van der Waals surface area contributed by atoms with Crippen molar-refractivity contribution < 1.29 is 27.1 Å². The third-order valence-corrected chi connectivity index (χ3v) is 8.01. The van der Waals surface area contributed by atoms with E-state index in [9.17, 15) is 18.0 Å². The van der Waals surface area contributed by atoms with Crippen LogP contribution >= 0.6 is 0 Å². The van der Waals surface area contributed by atoms with Gasteiger partial charge in [0.25, 0.3) is 0 Å². The van der Waals surface area contributed by atoms with Crippen LogP contribution in [-0.2, 0) is 32.2 Å². The summed E-state index contributed by atoms with van der Waals surface area (Å²) in [6, 6.07) is 23.1. The summed E-state index contributed by atoms with van der Waals surface area (Å²) in [5, 5.41) is 4.21. The Hall–Kier alpha value is -4.02. The summed E-state index contributed by atoms with van der Waals surface area (Å²) in [5.41, 5.74) is 1.59. The molecule has 4 rings (SSSR count). The summed E-state index contributed by atoms with van der Waals surface area (Å²) in [7, 11) is -4.41. The molecule has 0 aliphatic carbocycles. The molecule has 1 saturated heterocycles. The van der Waals surface area contributed by atoms with Crippen molar-refractivity contribution in [3.05, 3.63) is 113 Å². The fourth-order valence-corrected chi connectivity index (χ4v) is 5.41. The Kier molecular flexibility index (Phi) is 10.0. The fourth-order valence-electron chi connectivity index (χ4n) is 4.33. The third-order valence-electron chi connectivity index (χ3n) is 6.46. The summed E-state index contributed by atoms with van der Waals surface area (Å²) in [4.78, 5) is 28.0. The second kappa shape index (κ2) is 13.9. The van der Waals surface area contributed by atoms with E-state index in [2.05, 4.69) is 10.6 Å². The number of hydrogen-bond donors (Lipinski definition) is 2. The minimum absolute atomic E-state index is 0.139. The highest BCUT2D eigenvalue weighted by Gasteiger charge is 2.28. The van der Waals surface area contributed by atoms with Gasteiger partial charge in [0.15, 0.2) is 0 Å². The monoisotopic (exact) mass is 565 g/mol. The molecule has 2 N–H and O–H groups in total. The van der Waals surface area contributed by atoms with E-state index in [0.29, 0.717) is 26.3 Å². The van der Waals surface area contributed by atoms with E-state index in [1.165, 1.54) is 24.3 Å². The lowest BCUT2D eigenvalue weighted by atomic mass is 10.0. The van der Waals surface area contributed by atoms with Crippen LogP contribution in [-0.4, -0.2) is 63.6 Å². The maximum absolute atomic E-state index is 15.3. The number of nitrogens with zero attached hydrogens (tertiary/aromatic N) is 1. The lowest BCUT2D eigenvalue weighted by Gasteiger charge is -2.29. The molecule has 8 nitrogen and oxygen atoms in total. The maximum atomic E-state index is 15.3. The zero-order valence-corrected chi connectivity index (χ0v) is 22.7. The molecule has 1 aliphatic rings. The van der Waals surface area contributed by atoms with Gasteiger partial charge in [0.1, 0.15) is 6.04 Å². The predicted molar refractivity (Wildman–Crippen MR) is 150 cm³/mol. The third kappa shape index (κ3) is 8.00. The van der Waals surface area contributed by atoms with Crippen LogP contribution in [0.3, 0.4) is 0 Å². The first-order chi connectivity index (χ1) is 19.3. The van der Waals surface area contributed by atoms with Crippen LogP contribution in [0.4, 0.5) is 9.18 Å². The molecule has 3 amide bonds. The van der Waals surface area contributed by atoms with Crippen LogP contribution in [0.2, 0.25) is 0 Å². The van der Waals surface area contributed by atoms with Crippen molar-refractivity contribution in [1.29, 1.82) is 0 Å². The summed E-state index contributed by atoms with van der Waals surface area (Å²) >= 11 is 0. The zero-order valence-electron chi connectivity index (χ0n) is 21.9. The Morgan fingerprint density at radius 2 is 1.35 bits per heavy atom. The van der Waals surface area contributed by atoms with E-state index in [1.54, 1.807) is 35.2 Å². The summed E-state index contributed by atoms with van der Waals surface area (Å²) in [6.07, 6.45) is 1.24. The van der Waals surface area contributed by atoms with Gasteiger partial charge in [-0.25, -0.2) is 13.2 Å². The molecule has 2 atom stereocenters. The second-order valence-corrected chi connectivity index (χ2v) is 11.3. The van der Waals surface area contributed by atoms with Gasteiger partial charge in [-0.1, -0.05) is 78.9 Å². The van der Waals surface area contributed by atoms with Crippen LogP contribution in [0, 0.1) is 0 Å². The smallest absolute Gasteiger partial charge is 0.318 e. The number of morpholine rings is 1. The number of nitrogens with one attached hydrogen (secondary N) is 2. The molecular weight excluding hydrogens is 533 g/mol. The fraction of sp³-hybridized carbons (Fsp3) is 0.267. The van der Waals surface area contributed by atoms with Crippen LogP contribution in [0.25, 0.3) is 0 Å². The van der Waals surface area contributed by atoms with Crippen molar-refractivity contribution in [3.63, 3.8) is 0 Å². The molecule has 40 heavy (non-hydrogen) atoms. The largest absolute Gasteiger partial charge is 0.378 e. The van der Waals surface area contributed by atoms with Gasteiger partial charge in [0, 0.05) is 19.5 Å². The molecule has 3 aromatic carbocycles. The lowest BCUT2D eigenvalue weighted by molar-refractivity contribution is -0.123. The van der Waals surface area contributed by atoms with Gasteiger partial charge in [0.2, 0.25) is 20.9 Å². The molecular formula is C30H32FN3O5S. The molecule has 0 unspecified atom stereocenters. The molecule has 3 aromatic rings. The van der Waals surface area contributed by atoms with Gasteiger partial charge in [0.05, 0.1) is 24.2 Å². The van der Waals surface area contributed by atoms with E-state index >= 15 is 4.39 Å². The quantitative estimate of drug-likeness (QED) is 0.391. The molecule has 0 radical (unpaired) electrons. The number of ether oxygens (including phenoxy) is 1. The first-order valence-electron chi connectivity index (χ1n) is 13.0. The number of rotatable bonds is 10. The Bertz CT molecular complexity index is 1400. The number of sulfone groups is 1. The Balaban J connectivity index is 1.59. The Morgan fingerprint density at radius 1 is 0.825 bits per heavy atom. The standard InChI is InChI=1S/C30H32FN3O5S/c31-28(40(37,38)26-14-8-3-9-15-26)22-25(20-23-10-4-1-5-11-23)32-29(35)27(21-24-12-6-2-7-13-24)33-30(36)34-16-18-39-19-17-34/h1-15,22,25,27H,16-21H2,(H,32,35)(H,33,36)/b28-22+/t25-,27-/m0/s1. The Labute approximate surface area is 233 Å². The first-order valence-corrected chi connectivity index (χ1v) is 14.5. The topological polar surface area (TPSA) is 105 Å². The van der Waals surface area contributed by atoms with Gasteiger partial charge in [-0.3, -0.25) is 4.79 Å². The number of carbonyl (C=O) groups excluding carboxylic acids is 2. The summed E-state index contributed by atoms with van der Waals surface area (Å²) in [5.74, 6) is -0.562. The van der Waals surface area contributed by atoms with Gasteiger partial charge in [-0.05, 0) is 35.8 Å². The van der Waals surface area contributed by atoms with Crippen molar-refractivity contribution in [2.24, 2.45) is 0 Å². The average Bonchev–Trinajstić information content (AvgIpc) is 2.98. The van der Waals surface area contributed by atoms with E-state index in [4.69, 9.17) is 4.74 Å². The maximum Gasteiger partial charge on any atom is 0.318 e. The molecule has 0 saturated carbocycles. The van der Waals surface area contributed by atoms with Crippen LogP contribution in [0.5, 0.6) is 0 Å². The van der Waals surface area contributed by atoms with Crippen molar-refractivity contribution in [3.8, 4) is 0 Å². The molecule has 0 bridgehead atoms. The molecule has 1 heterocycles. The van der Waals surface area contributed by atoms with Crippen LogP contribution in [0.1, 0.15) is 11.1 Å². The van der Waals surface area contributed by atoms with Crippen molar-refractivity contribution >= 4 is 21.8 Å². The SMILES string of the molecule is O=C(N[C@H](/C=C(\F)S(=O)(=O)c1ccccc1)Cc1ccccc1)[C@H](Cc1ccccc1)NC(=O)N1CCOCC1. The van der Waals surface area contributed by atoms with E-state index in [-0.39, 0.29) is 17.7 Å². The van der Waals surface area contributed by atoms with Crippen molar-refractivity contribution in [1.82, 2.24) is 15.5 Å². The van der Waals surface area contributed by atoms with Gasteiger partial charge in [-0.2, -0.15) is 4.39 Å². The molecule has 0 spiro atoms. The number of hydrogen-bond acceptors (Lipinski definition) is 5. The van der Waals surface area contributed by atoms with Crippen LogP contribution < -0.4 is 10.6 Å². The average molecular weight is 566 g/mol. The van der Waals surface area contributed by atoms with Gasteiger partial charge >= 0.3 is 6.03 Å². The summed E-state index contributed by atoms with van der Waals surface area (Å²) < 4.78 is 46.4. The zero-order chi connectivity index (χ0) is 28.4. The molecule has 10 heteroatoms. The van der Waals surface area contributed by atoms with E-state index in [0.717, 1.165) is 17.2 Å². The van der Waals surface area contributed by atoms with E-state index in [1.807, 2.05) is 36.4 Å². The van der Waals surface area contributed by atoms with Gasteiger partial charge in [-0.15, -0.1) is 0 Å². The molecule has 1 fully saturated rings. The van der Waals surface area contributed by atoms with Gasteiger partial charge < -0.3 is 20.3 Å². The Morgan fingerprint density at radius 3 is 1.93 bits per heavy atom. The predicted octanol–water partition coefficient (Wildman–Crippen LogP) is 3.65. The van der Waals surface area contributed by atoms with Crippen molar-refractivity contribution in [2.75, 3.05) is 26.3 Å². The van der Waals surface area contributed by atoms with Crippen molar-refractivity contribution in [2.45, 2.75) is 29.8 Å². The molecule has 1 aliphatic heterocycles. The normalized spacial score (nSPS) is 15.6.